The summed E-state index contributed by atoms with van der Waals surface area (Å²) in [5.74, 6) is 1.29. The molecule has 2 aromatic rings. The van der Waals surface area contributed by atoms with Gasteiger partial charge >= 0.3 is 0 Å². The molecule has 0 spiro atoms. The lowest BCUT2D eigenvalue weighted by atomic mass is 10.2. The lowest BCUT2D eigenvalue weighted by Gasteiger charge is -2.34. The lowest BCUT2D eigenvalue weighted by Crippen LogP contribution is -2.47. The first kappa shape index (κ1) is 18.0. The highest BCUT2D eigenvalue weighted by molar-refractivity contribution is 5.93. The first-order chi connectivity index (χ1) is 12.8. The van der Waals surface area contributed by atoms with Gasteiger partial charge in [-0.05, 0) is 12.5 Å². The molecule has 0 radical (unpaired) electrons. The molecule has 8 heteroatoms. The topological polar surface area (TPSA) is 87.1 Å². The van der Waals surface area contributed by atoms with Crippen LogP contribution in [0.3, 0.4) is 0 Å². The van der Waals surface area contributed by atoms with Crippen molar-refractivity contribution in [1.29, 1.82) is 0 Å². The Morgan fingerprint density at radius 3 is 2.12 bits per heavy atom. The molecule has 0 bridgehead atoms. The molecule has 0 saturated carbocycles. The predicted octanol–water partition coefficient (Wildman–Crippen LogP) is 1.51. The Bertz CT molecular complexity index is 684. The predicted molar refractivity (Wildman–Crippen MR) is 100 cm³/mol. The first-order valence-corrected chi connectivity index (χ1v) is 9.15. The van der Waals surface area contributed by atoms with Gasteiger partial charge in [-0.25, -0.2) is 19.9 Å². The molecular formula is C18H25N7O. The monoisotopic (exact) mass is 355 g/mol. The van der Waals surface area contributed by atoms with Crippen molar-refractivity contribution in [3.63, 3.8) is 0 Å². The molecular weight excluding hydrogens is 330 g/mol. The summed E-state index contributed by atoms with van der Waals surface area (Å²) in [6.07, 6.45) is 9.96. The third-order valence-corrected chi connectivity index (χ3v) is 4.36. The molecule has 8 nitrogen and oxygen atoms in total. The number of nitrogens with zero attached hydrogens (tertiary/aromatic N) is 6. The van der Waals surface area contributed by atoms with Crippen LogP contribution in [0.4, 0.5) is 11.9 Å². The second-order valence-corrected chi connectivity index (χ2v) is 6.26. The quantitative estimate of drug-likeness (QED) is 0.753. The van der Waals surface area contributed by atoms with E-state index in [1.165, 1.54) is 0 Å². The molecule has 1 aliphatic heterocycles. The molecule has 1 fully saturated rings. The van der Waals surface area contributed by atoms with Crippen molar-refractivity contribution in [2.24, 2.45) is 0 Å². The molecule has 1 N–H and O–H groups in total. The van der Waals surface area contributed by atoms with Crippen LogP contribution in [0, 0.1) is 0 Å². The van der Waals surface area contributed by atoms with Crippen molar-refractivity contribution in [1.82, 2.24) is 25.3 Å². The van der Waals surface area contributed by atoms with Crippen molar-refractivity contribution in [2.75, 3.05) is 42.5 Å². The van der Waals surface area contributed by atoms with Gasteiger partial charge in [0.25, 0.3) is 5.91 Å². The zero-order valence-electron chi connectivity index (χ0n) is 15.1. The van der Waals surface area contributed by atoms with E-state index in [1.54, 1.807) is 24.8 Å². The van der Waals surface area contributed by atoms with Crippen LogP contribution in [-0.2, 0) is 0 Å². The van der Waals surface area contributed by atoms with Crippen LogP contribution >= 0.6 is 0 Å². The third kappa shape index (κ3) is 4.65. The van der Waals surface area contributed by atoms with E-state index in [0.29, 0.717) is 18.1 Å². The molecule has 1 aliphatic rings. The van der Waals surface area contributed by atoms with E-state index >= 15 is 0 Å². The highest BCUT2D eigenvalue weighted by Crippen LogP contribution is 2.14. The van der Waals surface area contributed by atoms with Gasteiger partial charge in [-0.2, -0.15) is 0 Å². The first-order valence-electron chi connectivity index (χ1n) is 9.15. The Kier molecular flexibility index (Phi) is 6.29. The molecule has 0 unspecified atom stereocenters. The van der Waals surface area contributed by atoms with Gasteiger partial charge in [0, 0.05) is 57.5 Å². The fourth-order valence-electron chi connectivity index (χ4n) is 2.84. The van der Waals surface area contributed by atoms with E-state index in [-0.39, 0.29) is 5.91 Å². The van der Waals surface area contributed by atoms with Crippen LogP contribution in [0.2, 0.25) is 0 Å². The summed E-state index contributed by atoms with van der Waals surface area (Å²) in [4.78, 5) is 33.6. The van der Waals surface area contributed by atoms with Crippen LogP contribution in [0.1, 0.15) is 36.5 Å². The largest absolute Gasteiger partial charge is 0.352 e. The van der Waals surface area contributed by atoms with Crippen LogP contribution < -0.4 is 15.1 Å². The molecule has 138 valence electrons. The zero-order chi connectivity index (χ0) is 18.2. The number of anilines is 2. The van der Waals surface area contributed by atoms with Gasteiger partial charge < -0.3 is 15.1 Å². The molecule has 0 atom stereocenters. The molecule has 1 saturated heterocycles. The summed E-state index contributed by atoms with van der Waals surface area (Å²) < 4.78 is 0. The maximum atomic E-state index is 12.1. The van der Waals surface area contributed by atoms with Gasteiger partial charge in [0.05, 0.1) is 5.56 Å². The SMILES string of the molecule is CCCCCNC(=O)c1cnc(N2CCN(c3ncccn3)CC2)nc1. The minimum Gasteiger partial charge on any atom is -0.352 e. The van der Waals surface area contributed by atoms with Gasteiger partial charge in [-0.1, -0.05) is 19.8 Å². The zero-order valence-corrected chi connectivity index (χ0v) is 15.1. The number of piperazine rings is 1. The average Bonchev–Trinajstić information content (AvgIpc) is 2.72. The number of hydrogen-bond donors (Lipinski definition) is 1. The van der Waals surface area contributed by atoms with Crippen LogP contribution in [0.25, 0.3) is 0 Å². The van der Waals surface area contributed by atoms with E-state index in [2.05, 4.69) is 42.0 Å². The average molecular weight is 355 g/mol. The summed E-state index contributed by atoms with van der Waals surface area (Å²) in [7, 11) is 0. The van der Waals surface area contributed by atoms with E-state index in [1.807, 2.05) is 6.07 Å². The minimum absolute atomic E-state index is 0.112. The molecule has 1 amide bonds. The lowest BCUT2D eigenvalue weighted by molar-refractivity contribution is 0.0952. The Labute approximate surface area is 153 Å². The number of aromatic nitrogens is 4. The Morgan fingerprint density at radius 1 is 0.962 bits per heavy atom. The summed E-state index contributed by atoms with van der Waals surface area (Å²) in [5.41, 5.74) is 0.501. The number of carbonyl (C=O) groups is 1. The van der Waals surface area contributed by atoms with Crippen LogP contribution in [-0.4, -0.2) is 58.6 Å². The summed E-state index contributed by atoms with van der Waals surface area (Å²) in [5, 5.41) is 2.90. The van der Waals surface area contributed by atoms with Crippen molar-refractivity contribution in [2.45, 2.75) is 26.2 Å². The van der Waals surface area contributed by atoms with E-state index in [4.69, 9.17) is 0 Å². The number of unbranched alkanes of at least 4 members (excludes halogenated alkanes) is 2. The minimum atomic E-state index is -0.112. The van der Waals surface area contributed by atoms with Crippen LogP contribution in [0.15, 0.2) is 30.9 Å². The van der Waals surface area contributed by atoms with Crippen molar-refractivity contribution < 1.29 is 4.79 Å². The molecule has 3 heterocycles. The fraction of sp³-hybridized carbons (Fsp3) is 0.500. The normalized spacial score (nSPS) is 14.3. The summed E-state index contributed by atoms with van der Waals surface area (Å²) in [6, 6.07) is 1.81. The van der Waals surface area contributed by atoms with Crippen molar-refractivity contribution in [3.8, 4) is 0 Å². The Morgan fingerprint density at radius 2 is 1.54 bits per heavy atom. The molecule has 0 aromatic carbocycles. The molecule has 0 aliphatic carbocycles. The van der Waals surface area contributed by atoms with Gasteiger partial charge in [0.15, 0.2) is 0 Å². The Balaban J connectivity index is 1.51. The Hall–Kier alpha value is -2.77. The maximum Gasteiger partial charge on any atom is 0.254 e. The van der Waals surface area contributed by atoms with E-state index < -0.39 is 0 Å². The molecule has 2 aromatic heterocycles. The maximum absolute atomic E-state index is 12.1. The van der Waals surface area contributed by atoms with E-state index in [9.17, 15) is 4.79 Å². The third-order valence-electron chi connectivity index (χ3n) is 4.36. The summed E-state index contributed by atoms with van der Waals surface area (Å²) in [6.45, 7) is 6.04. The molecule has 3 rings (SSSR count). The highest BCUT2D eigenvalue weighted by Gasteiger charge is 2.20. The van der Waals surface area contributed by atoms with Crippen molar-refractivity contribution >= 4 is 17.8 Å². The second kappa shape index (κ2) is 9.07. The number of hydrogen-bond acceptors (Lipinski definition) is 7. The van der Waals surface area contributed by atoms with Crippen molar-refractivity contribution in [3.05, 3.63) is 36.4 Å². The standard InChI is InChI=1S/C18H25N7O/c1-2-3-4-6-19-16(26)15-13-22-18(23-14-15)25-11-9-24(10-12-25)17-20-7-5-8-21-17/h5,7-8,13-14H,2-4,6,9-12H2,1H3,(H,19,26). The smallest absolute Gasteiger partial charge is 0.254 e. The van der Waals surface area contributed by atoms with Gasteiger partial charge in [0.2, 0.25) is 11.9 Å². The van der Waals surface area contributed by atoms with Gasteiger partial charge in [-0.15, -0.1) is 0 Å². The number of rotatable bonds is 7. The fourth-order valence-corrected chi connectivity index (χ4v) is 2.84. The van der Waals surface area contributed by atoms with Gasteiger partial charge in [-0.3, -0.25) is 4.79 Å². The number of amides is 1. The van der Waals surface area contributed by atoms with E-state index in [0.717, 1.165) is 51.4 Å². The van der Waals surface area contributed by atoms with Crippen LogP contribution in [0.5, 0.6) is 0 Å². The summed E-state index contributed by atoms with van der Waals surface area (Å²) >= 11 is 0. The molecule has 26 heavy (non-hydrogen) atoms. The van der Waals surface area contributed by atoms with Gasteiger partial charge in [0.1, 0.15) is 0 Å². The number of nitrogens with one attached hydrogen (secondary N) is 1. The highest BCUT2D eigenvalue weighted by atomic mass is 16.1. The second-order valence-electron chi connectivity index (χ2n) is 6.26. The number of carbonyl (C=O) groups excluding carboxylic acids is 1.